The number of benzene rings is 3. The molecule has 1 aromatic heterocycles. The Bertz CT molecular complexity index is 868. The molecule has 4 aromatic rings. The van der Waals surface area contributed by atoms with Crippen LogP contribution in [0.1, 0.15) is 11.1 Å². The highest BCUT2D eigenvalue weighted by Crippen LogP contribution is 2.13. The molecule has 0 aliphatic rings. The quantitative estimate of drug-likeness (QED) is 0.428. The Kier molecular flexibility index (Phi) is 6.24. The topological polar surface area (TPSA) is 8.81 Å². The van der Waals surface area contributed by atoms with Gasteiger partial charge in [-0.05, 0) is 23.3 Å². The fourth-order valence-electron chi connectivity index (χ4n) is 3.39. The summed E-state index contributed by atoms with van der Waals surface area (Å²) < 4.78 is 4.76. The van der Waals surface area contributed by atoms with Crippen molar-refractivity contribution in [2.24, 2.45) is 0 Å². The van der Waals surface area contributed by atoms with Crippen molar-refractivity contribution in [2.75, 3.05) is 0 Å². The summed E-state index contributed by atoms with van der Waals surface area (Å²) in [6, 6.07) is 30.1. The summed E-state index contributed by atoms with van der Waals surface area (Å²) in [6.07, 6.45) is 4.38. The largest absolute Gasteiger partial charge is 1.00 e. The lowest BCUT2D eigenvalue weighted by Crippen LogP contribution is -3.00. The van der Waals surface area contributed by atoms with Crippen LogP contribution in [0, 0.1) is 0 Å². The molecule has 0 unspecified atom stereocenters. The molecule has 0 bridgehead atoms. The zero-order chi connectivity index (χ0) is 16.9. The molecule has 0 N–H and O–H groups in total. The van der Waals surface area contributed by atoms with E-state index in [-0.39, 0.29) is 17.0 Å². The number of aryl methyl sites for hydroxylation is 4. The van der Waals surface area contributed by atoms with Crippen molar-refractivity contribution < 1.29 is 21.5 Å². The van der Waals surface area contributed by atoms with Gasteiger partial charge in [0, 0.05) is 12.8 Å². The van der Waals surface area contributed by atoms with Crippen molar-refractivity contribution in [2.45, 2.75) is 25.9 Å². The molecule has 0 radical (unpaired) electrons. The van der Waals surface area contributed by atoms with Crippen LogP contribution in [0.15, 0.2) is 91.3 Å². The van der Waals surface area contributed by atoms with Gasteiger partial charge in [-0.15, -0.1) is 0 Å². The van der Waals surface area contributed by atoms with Crippen molar-refractivity contribution in [3.05, 3.63) is 102 Å². The Hall–Kier alpha value is -2.39. The van der Waals surface area contributed by atoms with Crippen molar-refractivity contribution in [3.8, 4) is 0 Å². The second kappa shape index (κ2) is 8.81. The van der Waals surface area contributed by atoms with Crippen LogP contribution >= 0.6 is 0 Å². The molecular weight excluding hydrogens is 384 g/mol. The first-order valence-corrected chi connectivity index (χ1v) is 8.95. The van der Waals surface area contributed by atoms with Crippen LogP contribution in [0.4, 0.5) is 0 Å². The third-order valence-corrected chi connectivity index (χ3v) is 4.75. The molecule has 0 aliphatic carbocycles. The van der Waals surface area contributed by atoms with Crippen molar-refractivity contribution in [1.29, 1.82) is 0 Å². The minimum atomic E-state index is 0. The minimum Gasteiger partial charge on any atom is -1.00 e. The number of aromatic nitrogens is 2. The normalized spacial score (nSPS) is 10.6. The predicted octanol–water partition coefficient (Wildman–Crippen LogP) is 1.42. The molecule has 4 rings (SSSR count). The van der Waals surface area contributed by atoms with Gasteiger partial charge in [-0.3, -0.25) is 0 Å². The molecule has 1 heterocycles. The molecule has 3 aromatic carbocycles. The SMILES string of the molecule is [Br-].c1ccc(CCn2c[n+](CCc3ccccc3)c3ccccc32)cc1. The van der Waals surface area contributed by atoms with Gasteiger partial charge in [0.15, 0.2) is 11.0 Å². The van der Waals surface area contributed by atoms with E-state index in [1.807, 2.05) is 0 Å². The van der Waals surface area contributed by atoms with Crippen molar-refractivity contribution >= 4 is 11.0 Å². The second-order valence-corrected chi connectivity index (χ2v) is 6.46. The number of halogens is 1. The predicted molar refractivity (Wildman–Crippen MR) is 102 cm³/mol. The Morgan fingerprint density at radius 1 is 0.654 bits per heavy atom. The van der Waals surface area contributed by atoms with E-state index in [0.29, 0.717) is 0 Å². The Balaban J connectivity index is 0.00000196. The lowest BCUT2D eigenvalue weighted by Gasteiger charge is -1.99. The number of nitrogens with zero attached hydrogens (tertiary/aromatic N) is 2. The highest BCUT2D eigenvalue weighted by Gasteiger charge is 2.14. The van der Waals surface area contributed by atoms with Crippen molar-refractivity contribution in [3.63, 3.8) is 0 Å². The van der Waals surface area contributed by atoms with Gasteiger partial charge in [0.2, 0.25) is 6.33 Å². The number of hydrogen-bond donors (Lipinski definition) is 0. The molecule has 26 heavy (non-hydrogen) atoms. The van der Waals surface area contributed by atoms with E-state index in [1.54, 1.807) is 0 Å². The maximum absolute atomic E-state index is 2.38. The second-order valence-electron chi connectivity index (χ2n) is 6.46. The average molecular weight is 407 g/mol. The third kappa shape index (κ3) is 4.23. The first-order valence-electron chi connectivity index (χ1n) is 8.95. The Morgan fingerprint density at radius 3 is 1.92 bits per heavy atom. The first kappa shape index (κ1) is 18.4. The highest BCUT2D eigenvalue weighted by molar-refractivity contribution is 5.71. The lowest BCUT2D eigenvalue weighted by molar-refractivity contribution is -0.671. The van der Waals surface area contributed by atoms with Gasteiger partial charge < -0.3 is 17.0 Å². The molecule has 0 saturated heterocycles. The van der Waals surface area contributed by atoms with Gasteiger partial charge in [-0.25, -0.2) is 9.13 Å². The Labute approximate surface area is 165 Å². The molecule has 3 heteroatoms. The van der Waals surface area contributed by atoms with Crippen LogP contribution in [0.3, 0.4) is 0 Å². The molecule has 0 fully saturated rings. The fraction of sp³-hybridized carbons (Fsp3) is 0.174. The van der Waals surface area contributed by atoms with Gasteiger partial charge in [-0.2, -0.15) is 0 Å². The molecule has 0 saturated carbocycles. The van der Waals surface area contributed by atoms with E-state index in [1.165, 1.54) is 22.2 Å². The van der Waals surface area contributed by atoms with Crippen LogP contribution in [0.5, 0.6) is 0 Å². The number of fused-ring (bicyclic) bond motifs is 1. The van der Waals surface area contributed by atoms with Gasteiger partial charge in [0.25, 0.3) is 0 Å². The number of rotatable bonds is 6. The zero-order valence-electron chi connectivity index (χ0n) is 14.8. The molecule has 0 aliphatic heterocycles. The van der Waals surface area contributed by atoms with Gasteiger partial charge >= 0.3 is 0 Å². The number of imidazole rings is 1. The van der Waals surface area contributed by atoms with Gasteiger partial charge in [0.1, 0.15) is 0 Å². The van der Waals surface area contributed by atoms with E-state index in [9.17, 15) is 0 Å². The summed E-state index contributed by atoms with van der Waals surface area (Å²) >= 11 is 0. The van der Waals surface area contributed by atoms with Crippen LogP contribution in [0.2, 0.25) is 0 Å². The lowest BCUT2D eigenvalue weighted by atomic mass is 10.1. The zero-order valence-corrected chi connectivity index (χ0v) is 16.3. The average Bonchev–Trinajstić information content (AvgIpc) is 3.04. The van der Waals surface area contributed by atoms with E-state index in [4.69, 9.17) is 0 Å². The van der Waals surface area contributed by atoms with Gasteiger partial charge in [-0.1, -0.05) is 72.8 Å². The highest BCUT2D eigenvalue weighted by atomic mass is 79.9. The van der Waals surface area contributed by atoms with Crippen LogP contribution < -0.4 is 21.5 Å². The van der Waals surface area contributed by atoms with Gasteiger partial charge in [0.05, 0.1) is 13.1 Å². The molecular formula is C23H23BrN2. The standard InChI is InChI=1S/C23H23N2.BrH/c1-3-9-20(10-4-1)15-17-24-19-25(23-14-8-7-13-22(23)24)18-16-21-11-5-2-6-12-21;/h1-14,19H,15-18H2;1H/q+1;/p-1. The summed E-state index contributed by atoms with van der Waals surface area (Å²) in [5, 5.41) is 0. The van der Waals surface area contributed by atoms with Crippen LogP contribution in [0.25, 0.3) is 11.0 Å². The fourth-order valence-corrected chi connectivity index (χ4v) is 3.39. The molecule has 2 nitrogen and oxygen atoms in total. The summed E-state index contributed by atoms with van der Waals surface area (Å²) in [7, 11) is 0. The molecule has 0 spiro atoms. The Morgan fingerprint density at radius 2 is 1.23 bits per heavy atom. The summed E-state index contributed by atoms with van der Waals surface area (Å²) in [5.74, 6) is 0. The van der Waals surface area contributed by atoms with Crippen molar-refractivity contribution in [1.82, 2.24) is 4.57 Å². The summed E-state index contributed by atoms with van der Waals surface area (Å²) in [5.41, 5.74) is 5.39. The van der Waals surface area contributed by atoms with E-state index in [0.717, 1.165) is 25.9 Å². The minimum absolute atomic E-state index is 0. The maximum Gasteiger partial charge on any atom is 0.244 e. The summed E-state index contributed by atoms with van der Waals surface area (Å²) in [6.45, 7) is 2.01. The monoisotopic (exact) mass is 406 g/mol. The van der Waals surface area contributed by atoms with Crippen LogP contribution in [-0.4, -0.2) is 4.57 Å². The maximum atomic E-state index is 2.38. The molecule has 0 atom stereocenters. The summed E-state index contributed by atoms with van der Waals surface area (Å²) in [4.78, 5) is 0. The molecule has 0 amide bonds. The first-order chi connectivity index (χ1) is 12.4. The van der Waals surface area contributed by atoms with Crippen LogP contribution in [-0.2, 0) is 25.9 Å². The molecule has 132 valence electrons. The number of hydrogen-bond acceptors (Lipinski definition) is 0. The van der Waals surface area contributed by atoms with E-state index >= 15 is 0 Å². The van der Waals surface area contributed by atoms with E-state index in [2.05, 4.69) is 100 Å². The number of para-hydroxylation sites is 2. The smallest absolute Gasteiger partial charge is 0.244 e. The van der Waals surface area contributed by atoms with E-state index < -0.39 is 0 Å². The third-order valence-electron chi connectivity index (χ3n) is 4.75.